The Morgan fingerprint density at radius 2 is 1.90 bits per heavy atom. The molecule has 21 heavy (non-hydrogen) atoms. The van der Waals surface area contributed by atoms with Gasteiger partial charge in [0.15, 0.2) is 0 Å². The van der Waals surface area contributed by atoms with E-state index in [1.54, 1.807) is 0 Å². The van der Waals surface area contributed by atoms with E-state index in [0.717, 1.165) is 19.0 Å². The van der Waals surface area contributed by atoms with Crippen molar-refractivity contribution in [2.75, 3.05) is 45.2 Å². The maximum absolute atomic E-state index is 3.53. The molecule has 1 aliphatic heterocycles. The average Bonchev–Trinajstić information content (AvgIpc) is 2.48. The lowest BCUT2D eigenvalue weighted by atomic mass is 9.95. The molecule has 0 aromatic heterocycles. The monoisotopic (exact) mass is 289 g/mol. The van der Waals surface area contributed by atoms with Crippen molar-refractivity contribution in [2.45, 2.75) is 32.7 Å². The van der Waals surface area contributed by atoms with Gasteiger partial charge in [-0.1, -0.05) is 25.1 Å². The molecule has 1 saturated heterocycles. The van der Waals surface area contributed by atoms with Gasteiger partial charge in [0, 0.05) is 31.9 Å². The van der Waals surface area contributed by atoms with Gasteiger partial charge in [0.25, 0.3) is 0 Å². The maximum Gasteiger partial charge on any atom is 0.0411 e. The fourth-order valence-electron chi connectivity index (χ4n) is 3.24. The van der Waals surface area contributed by atoms with Crippen molar-refractivity contribution in [1.82, 2.24) is 10.2 Å². The lowest BCUT2D eigenvalue weighted by Gasteiger charge is -2.35. The Kier molecular flexibility index (Phi) is 6.52. The van der Waals surface area contributed by atoms with Gasteiger partial charge in [-0.05, 0) is 57.5 Å². The Morgan fingerprint density at radius 3 is 2.57 bits per heavy atom. The van der Waals surface area contributed by atoms with Crippen LogP contribution in [0.1, 0.15) is 31.7 Å². The summed E-state index contributed by atoms with van der Waals surface area (Å²) in [7, 11) is 4.36. The highest BCUT2D eigenvalue weighted by Gasteiger charge is 2.21. The highest BCUT2D eigenvalue weighted by atomic mass is 15.1. The SMILES string of the molecule is CCCNCc1ccccc1N1CCC(CN(C)C)CC1. The molecule has 0 amide bonds. The molecule has 2 rings (SSSR count). The Labute approximate surface area is 130 Å². The van der Waals surface area contributed by atoms with Crippen LogP contribution < -0.4 is 10.2 Å². The van der Waals surface area contributed by atoms with Gasteiger partial charge in [-0.15, -0.1) is 0 Å². The van der Waals surface area contributed by atoms with Crippen molar-refractivity contribution in [3.8, 4) is 0 Å². The first-order valence-electron chi connectivity index (χ1n) is 8.39. The van der Waals surface area contributed by atoms with E-state index in [9.17, 15) is 0 Å². The van der Waals surface area contributed by atoms with Gasteiger partial charge < -0.3 is 15.1 Å². The van der Waals surface area contributed by atoms with E-state index in [-0.39, 0.29) is 0 Å². The first kappa shape index (κ1) is 16.3. The lowest BCUT2D eigenvalue weighted by molar-refractivity contribution is 0.285. The predicted molar refractivity (Wildman–Crippen MR) is 91.9 cm³/mol. The first-order chi connectivity index (χ1) is 10.2. The molecule has 0 unspecified atom stereocenters. The normalized spacial score (nSPS) is 16.7. The molecule has 0 spiro atoms. The summed E-state index contributed by atoms with van der Waals surface area (Å²) in [4.78, 5) is 4.90. The smallest absolute Gasteiger partial charge is 0.0411 e. The minimum atomic E-state index is 0.863. The number of hydrogen-bond donors (Lipinski definition) is 1. The molecule has 0 bridgehead atoms. The van der Waals surface area contributed by atoms with Crippen LogP contribution in [-0.2, 0) is 6.54 Å². The molecule has 1 aliphatic rings. The molecule has 1 aromatic rings. The summed E-state index contributed by atoms with van der Waals surface area (Å²) in [6.45, 7) is 7.93. The second-order valence-electron chi connectivity index (χ2n) is 6.50. The third-order valence-corrected chi connectivity index (χ3v) is 4.31. The Balaban J connectivity index is 1.93. The number of hydrogen-bond acceptors (Lipinski definition) is 3. The number of nitrogens with zero attached hydrogens (tertiary/aromatic N) is 2. The first-order valence-corrected chi connectivity index (χ1v) is 8.39. The molecular weight excluding hydrogens is 258 g/mol. The summed E-state index contributed by atoms with van der Waals surface area (Å²) in [6, 6.07) is 8.88. The molecule has 1 heterocycles. The van der Waals surface area contributed by atoms with Gasteiger partial charge in [-0.25, -0.2) is 0 Å². The van der Waals surface area contributed by atoms with Crippen molar-refractivity contribution < 1.29 is 0 Å². The molecule has 0 radical (unpaired) electrons. The quantitative estimate of drug-likeness (QED) is 0.779. The van der Waals surface area contributed by atoms with Gasteiger partial charge >= 0.3 is 0 Å². The molecule has 118 valence electrons. The van der Waals surface area contributed by atoms with Gasteiger partial charge in [-0.2, -0.15) is 0 Å². The fourth-order valence-corrected chi connectivity index (χ4v) is 3.24. The molecule has 3 nitrogen and oxygen atoms in total. The van der Waals surface area contributed by atoms with E-state index in [2.05, 4.69) is 60.4 Å². The average molecular weight is 289 g/mol. The van der Waals surface area contributed by atoms with Crippen LogP contribution in [0.25, 0.3) is 0 Å². The highest BCUT2D eigenvalue weighted by molar-refractivity contribution is 5.53. The second-order valence-corrected chi connectivity index (χ2v) is 6.50. The van der Waals surface area contributed by atoms with Crippen molar-refractivity contribution >= 4 is 5.69 Å². The van der Waals surface area contributed by atoms with Gasteiger partial charge in [0.1, 0.15) is 0 Å². The van der Waals surface area contributed by atoms with Crippen molar-refractivity contribution in [3.63, 3.8) is 0 Å². The highest BCUT2D eigenvalue weighted by Crippen LogP contribution is 2.26. The molecular formula is C18H31N3. The van der Waals surface area contributed by atoms with Crippen LogP contribution in [0.5, 0.6) is 0 Å². The summed E-state index contributed by atoms with van der Waals surface area (Å²) in [5.74, 6) is 0.863. The topological polar surface area (TPSA) is 18.5 Å². The van der Waals surface area contributed by atoms with Crippen molar-refractivity contribution in [2.24, 2.45) is 5.92 Å². The van der Waals surface area contributed by atoms with Crippen LogP contribution in [0.3, 0.4) is 0 Å². The molecule has 1 N–H and O–H groups in total. The Hall–Kier alpha value is -1.06. The summed E-state index contributed by atoms with van der Waals surface area (Å²) in [5, 5.41) is 3.53. The minimum Gasteiger partial charge on any atom is -0.371 e. The largest absolute Gasteiger partial charge is 0.371 e. The standard InChI is InChI=1S/C18H31N3/c1-4-11-19-14-17-7-5-6-8-18(17)21-12-9-16(10-13-21)15-20(2)3/h5-8,16,19H,4,9-15H2,1-3H3. The van der Waals surface area contributed by atoms with E-state index in [0.29, 0.717) is 0 Å². The van der Waals surface area contributed by atoms with E-state index in [1.807, 2.05) is 0 Å². The summed E-state index contributed by atoms with van der Waals surface area (Å²) < 4.78 is 0. The van der Waals surface area contributed by atoms with Crippen LogP contribution in [0.15, 0.2) is 24.3 Å². The fraction of sp³-hybridized carbons (Fsp3) is 0.667. The van der Waals surface area contributed by atoms with E-state index < -0.39 is 0 Å². The van der Waals surface area contributed by atoms with Crippen molar-refractivity contribution in [3.05, 3.63) is 29.8 Å². The number of rotatable bonds is 7. The van der Waals surface area contributed by atoms with Crippen molar-refractivity contribution in [1.29, 1.82) is 0 Å². The lowest BCUT2D eigenvalue weighted by Crippen LogP contribution is -2.37. The van der Waals surface area contributed by atoms with E-state index in [4.69, 9.17) is 0 Å². The van der Waals surface area contributed by atoms with Gasteiger partial charge in [-0.3, -0.25) is 0 Å². The summed E-state index contributed by atoms with van der Waals surface area (Å²) in [5.41, 5.74) is 2.88. The summed E-state index contributed by atoms with van der Waals surface area (Å²) >= 11 is 0. The molecule has 0 saturated carbocycles. The third kappa shape index (κ3) is 5.01. The zero-order valence-corrected chi connectivity index (χ0v) is 13.9. The molecule has 0 atom stereocenters. The Bertz CT molecular complexity index is 409. The van der Waals surface area contributed by atoms with Crippen LogP contribution in [-0.4, -0.2) is 45.2 Å². The number of nitrogens with one attached hydrogen (secondary N) is 1. The number of anilines is 1. The molecule has 0 aliphatic carbocycles. The molecule has 3 heteroatoms. The second kappa shape index (κ2) is 8.40. The van der Waals surface area contributed by atoms with Crippen LogP contribution in [0.2, 0.25) is 0 Å². The Morgan fingerprint density at radius 1 is 1.19 bits per heavy atom. The number of piperidine rings is 1. The van der Waals surface area contributed by atoms with Gasteiger partial charge in [0.2, 0.25) is 0 Å². The maximum atomic E-state index is 3.53. The van der Waals surface area contributed by atoms with Gasteiger partial charge in [0.05, 0.1) is 0 Å². The zero-order chi connectivity index (χ0) is 15.1. The number of benzene rings is 1. The van der Waals surface area contributed by atoms with Crippen LogP contribution in [0, 0.1) is 5.92 Å². The van der Waals surface area contributed by atoms with Crippen LogP contribution >= 0.6 is 0 Å². The van der Waals surface area contributed by atoms with E-state index in [1.165, 1.54) is 50.1 Å². The van der Waals surface area contributed by atoms with E-state index >= 15 is 0 Å². The zero-order valence-electron chi connectivity index (χ0n) is 13.9. The summed E-state index contributed by atoms with van der Waals surface area (Å²) in [6.07, 6.45) is 3.82. The molecule has 1 aromatic carbocycles. The molecule has 1 fully saturated rings. The van der Waals surface area contributed by atoms with Crippen LogP contribution in [0.4, 0.5) is 5.69 Å². The third-order valence-electron chi connectivity index (χ3n) is 4.31. The predicted octanol–water partition coefficient (Wildman–Crippen LogP) is 2.96. The minimum absolute atomic E-state index is 0.863. The number of para-hydroxylation sites is 1.